The van der Waals surface area contributed by atoms with Crippen LogP contribution in [0.4, 0.5) is 10.8 Å². The van der Waals surface area contributed by atoms with Crippen molar-refractivity contribution in [3.05, 3.63) is 81.9 Å². The largest absolute Gasteiger partial charge is 0.479 e. The molecule has 2 amide bonds. The predicted molar refractivity (Wildman–Crippen MR) is 182 cm³/mol. The number of nitrogens with one attached hydrogen (secondary N) is 2. The highest BCUT2D eigenvalue weighted by molar-refractivity contribution is 8.00. The smallest absolute Gasteiger partial charge is 0.352 e. The Labute approximate surface area is 300 Å². The topological polar surface area (TPSA) is 307 Å². The molecule has 51 heavy (non-hydrogen) atoms. The molecule has 1 saturated heterocycles. The second kappa shape index (κ2) is 16.1. The highest BCUT2D eigenvalue weighted by Crippen LogP contribution is 2.40. The molecule has 0 bridgehead atoms. The van der Waals surface area contributed by atoms with Crippen molar-refractivity contribution < 1.29 is 57.0 Å². The number of halogens is 1. The first-order chi connectivity index (χ1) is 24.0. The Kier molecular flexibility index (Phi) is 12.1. The molecule has 2 aliphatic heterocycles. The number of nitrogens with two attached hydrogens (primary N) is 2. The fourth-order valence-electron chi connectivity index (χ4n) is 4.45. The normalized spacial score (nSPS) is 16.9. The van der Waals surface area contributed by atoms with Crippen molar-refractivity contribution in [2.24, 2.45) is 10.3 Å². The fraction of sp³-hybridized carbons (Fsp3) is 0.179. The molecule has 1 fully saturated rings. The Morgan fingerprint density at radius 2 is 1.96 bits per heavy atom. The summed E-state index contributed by atoms with van der Waals surface area (Å²) in [6, 6.07) is 4.50. The molecule has 19 nitrogen and oxygen atoms in total. The van der Waals surface area contributed by atoms with Gasteiger partial charge in [-0.05, 0) is 29.8 Å². The maximum atomic E-state index is 12.7. The number of nitrogen functional groups attached to an aromatic ring is 1. The number of β-lactam (4-membered cyclic amide) rings is 1. The van der Waals surface area contributed by atoms with Crippen molar-refractivity contribution in [2.45, 2.75) is 22.9 Å². The van der Waals surface area contributed by atoms with Crippen molar-refractivity contribution in [3.63, 3.8) is 0 Å². The van der Waals surface area contributed by atoms with Crippen molar-refractivity contribution in [3.8, 4) is 0 Å². The molecule has 9 N–H and O–H groups in total. The van der Waals surface area contributed by atoms with Crippen LogP contribution in [-0.2, 0) is 40.6 Å². The maximum Gasteiger partial charge on any atom is 0.352 e. The van der Waals surface area contributed by atoms with Crippen molar-refractivity contribution in [1.29, 1.82) is 0 Å². The lowest BCUT2D eigenvalue weighted by atomic mass is 10.0. The van der Waals surface area contributed by atoms with Gasteiger partial charge >= 0.3 is 17.9 Å². The van der Waals surface area contributed by atoms with Gasteiger partial charge in [-0.3, -0.25) is 14.5 Å². The summed E-state index contributed by atoms with van der Waals surface area (Å²) in [7, 11) is -4.11. The van der Waals surface area contributed by atoms with Crippen LogP contribution in [0.3, 0.4) is 0 Å². The van der Waals surface area contributed by atoms with Gasteiger partial charge in [0.1, 0.15) is 33.5 Å². The van der Waals surface area contributed by atoms with Crippen LogP contribution in [0.25, 0.3) is 0 Å². The molecule has 23 heteroatoms. The number of hydrogen-bond donors (Lipinski definition) is 7. The third-order valence-corrected chi connectivity index (χ3v) is 10.1. The number of carboxylic acids is 3. The van der Waals surface area contributed by atoms with Crippen LogP contribution >= 0.6 is 34.7 Å². The molecule has 0 radical (unpaired) electrons. The van der Waals surface area contributed by atoms with Gasteiger partial charge in [-0.1, -0.05) is 29.4 Å². The zero-order valence-electron chi connectivity index (χ0n) is 25.6. The minimum Gasteiger partial charge on any atom is -0.479 e. The summed E-state index contributed by atoms with van der Waals surface area (Å²) in [5.41, 5.74) is 5.39. The van der Waals surface area contributed by atoms with E-state index >= 15 is 0 Å². The number of allylic oxidation sites excluding steroid dienone is 1. The number of amides is 2. The maximum absolute atomic E-state index is 12.7. The Morgan fingerprint density at radius 1 is 1.24 bits per heavy atom. The van der Waals surface area contributed by atoms with E-state index in [2.05, 4.69) is 32.2 Å². The van der Waals surface area contributed by atoms with Crippen LogP contribution in [0.5, 0.6) is 0 Å². The number of aromatic nitrogens is 1. The van der Waals surface area contributed by atoms with Gasteiger partial charge in [-0.15, -0.1) is 23.1 Å². The van der Waals surface area contributed by atoms with Crippen LogP contribution in [0.2, 0.25) is 5.02 Å². The van der Waals surface area contributed by atoms with E-state index in [0.717, 1.165) is 22.3 Å². The summed E-state index contributed by atoms with van der Waals surface area (Å²) in [5, 5.41) is 41.8. The van der Waals surface area contributed by atoms with Gasteiger partial charge < -0.3 is 40.9 Å². The first kappa shape index (κ1) is 38.4. The van der Waals surface area contributed by atoms with E-state index in [1.807, 2.05) is 0 Å². The average Bonchev–Trinajstić information content (AvgIpc) is 3.75. The lowest BCUT2D eigenvalue weighted by Gasteiger charge is -2.49. The Bertz CT molecular complexity index is 2070. The molecule has 2 atom stereocenters. The molecule has 0 aliphatic carbocycles. The minimum absolute atomic E-state index is 0.0420. The van der Waals surface area contributed by atoms with Gasteiger partial charge in [0.15, 0.2) is 10.8 Å². The number of nitrogens with zero attached hydrogens (tertiary/aromatic N) is 3. The monoisotopic (exact) mass is 783 g/mol. The molecule has 0 unspecified atom stereocenters. The molecule has 3 aromatic rings. The lowest BCUT2D eigenvalue weighted by molar-refractivity contribution is -0.150. The van der Waals surface area contributed by atoms with E-state index in [1.54, 1.807) is 12.1 Å². The number of aromatic carboxylic acids is 1. The number of carbonyl (C=O) groups is 5. The van der Waals surface area contributed by atoms with Crippen LogP contribution in [-0.4, -0.2) is 92.8 Å². The summed E-state index contributed by atoms with van der Waals surface area (Å²) in [4.78, 5) is 67.9. The molecule has 2 aliphatic rings. The van der Waals surface area contributed by atoms with Crippen LogP contribution in [0, 0.1) is 0 Å². The molecule has 270 valence electrons. The molecule has 5 rings (SSSR count). The van der Waals surface area contributed by atoms with Gasteiger partial charge in [0.2, 0.25) is 16.6 Å². The third-order valence-electron chi connectivity index (χ3n) is 6.70. The zero-order valence-corrected chi connectivity index (χ0v) is 28.8. The number of carbonyl (C=O) groups excluding carboxylic acids is 2. The first-order valence-electron chi connectivity index (χ1n) is 13.9. The van der Waals surface area contributed by atoms with Gasteiger partial charge in [-0.25, -0.2) is 32.9 Å². The number of rotatable bonds is 13. The third kappa shape index (κ3) is 9.04. The fourth-order valence-corrected chi connectivity index (χ4v) is 7.44. The molecule has 0 spiro atoms. The Balaban J connectivity index is 0.000000244. The van der Waals surface area contributed by atoms with Gasteiger partial charge in [0.05, 0.1) is 29.1 Å². The van der Waals surface area contributed by atoms with E-state index < -0.39 is 62.7 Å². The summed E-state index contributed by atoms with van der Waals surface area (Å²) >= 11 is 8.13. The zero-order chi connectivity index (χ0) is 37.6. The number of furan rings is 1. The summed E-state index contributed by atoms with van der Waals surface area (Å²) < 4.78 is 27.8. The van der Waals surface area contributed by atoms with E-state index in [-0.39, 0.29) is 45.1 Å². The number of aliphatic carboxylic acids is 2. The molecule has 1 aromatic carbocycles. The minimum atomic E-state index is -4.11. The molecular weight excluding hydrogens is 758 g/mol. The van der Waals surface area contributed by atoms with Crippen LogP contribution in [0.15, 0.2) is 74.3 Å². The number of sulfonamides is 1. The molecule has 2 aromatic heterocycles. The first-order valence-corrected chi connectivity index (χ1v) is 17.7. The summed E-state index contributed by atoms with van der Waals surface area (Å²) in [5.74, 6) is -4.45. The van der Waals surface area contributed by atoms with Gasteiger partial charge in [-0.2, -0.15) is 0 Å². The number of primary sulfonamides is 1. The molecule has 0 saturated carbocycles. The Hall–Kier alpha value is -5.42. The van der Waals surface area contributed by atoms with Crippen LogP contribution in [0.1, 0.15) is 21.8 Å². The highest BCUT2D eigenvalue weighted by atomic mass is 35.5. The predicted octanol–water partition coefficient (Wildman–Crippen LogP) is 1.35. The van der Waals surface area contributed by atoms with Crippen molar-refractivity contribution in [1.82, 2.24) is 15.2 Å². The standard InChI is InChI=1S/C16H15N5O7S2.C12H11ClN2O5S/c1-2-6-4-29-14-10(13(25)21(14)11(6)15(26)27)19-12(24)9(20-28-3-8(22)23)7-5-30-16(17)18-7;13-9-5-10(15-6-7-2-1-3-20-7)8(12(16)17)4-11(9)21(14,18)19/h2,5,10,14H,1,3-4H2,(H2,17,18)(H,19,24)(H,22,23)(H,26,27);1-5,15H,6H2,(H,16,17)(H2,14,18,19)/b20-9-;/t10-,14-;/m1./s1. The quantitative estimate of drug-likeness (QED) is 0.0731. The second-order valence-corrected chi connectivity index (χ2v) is 14.0. The number of thiazole rings is 1. The van der Waals surface area contributed by atoms with Crippen molar-refractivity contribution in [2.75, 3.05) is 23.4 Å². The van der Waals surface area contributed by atoms with Crippen LogP contribution < -0.4 is 21.5 Å². The second-order valence-electron chi connectivity index (χ2n) is 10.0. The van der Waals surface area contributed by atoms with Crippen molar-refractivity contribution >= 4 is 91.0 Å². The van der Waals surface area contributed by atoms with E-state index in [1.165, 1.54) is 35.5 Å². The van der Waals surface area contributed by atoms with Gasteiger partial charge in [0, 0.05) is 11.1 Å². The lowest BCUT2D eigenvalue weighted by Crippen LogP contribution is -2.71. The number of anilines is 2. The molecular formula is C28H26ClN7O12S3. The number of oxime groups is 1. The van der Waals surface area contributed by atoms with Gasteiger partial charge in [0.25, 0.3) is 11.8 Å². The number of fused-ring (bicyclic) bond motifs is 1. The summed E-state index contributed by atoms with van der Waals surface area (Å²) in [6.07, 6.45) is 2.86. The number of thioether (sulfide) groups is 1. The number of carboxylic acid groups (broad SMARTS) is 3. The number of benzene rings is 1. The molecule has 4 heterocycles. The average molecular weight is 784 g/mol. The van der Waals surface area contributed by atoms with E-state index in [9.17, 15) is 37.5 Å². The Morgan fingerprint density at radius 3 is 2.51 bits per heavy atom. The van der Waals surface area contributed by atoms with E-state index in [4.69, 9.17) is 37.1 Å². The highest BCUT2D eigenvalue weighted by Gasteiger charge is 2.54. The number of hydrogen-bond acceptors (Lipinski definition) is 15. The summed E-state index contributed by atoms with van der Waals surface area (Å²) in [6.45, 7) is 2.99. The van der Waals surface area contributed by atoms with E-state index in [0.29, 0.717) is 17.1 Å². The SMILES string of the molecule is C=CC1=C(C(=O)O)N2C(=O)[C@@H](NC(=O)/C(=N\OCC(=O)O)c3csc(N)n3)[C@H]2SC1.NS(=O)(=O)c1cc(C(=O)O)c(NCc2ccco2)cc1Cl.